The van der Waals surface area contributed by atoms with E-state index in [-0.39, 0.29) is 23.1 Å². The lowest BCUT2D eigenvalue weighted by Crippen LogP contribution is -2.43. The SMILES string of the molecule is C[C@@H]1C[C@H]([C@H](c2ccc(Cl)c(F)c2)[C@H](N)C(=O)O)C[C@H](C)O1. The van der Waals surface area contributed by atoms with Crippen LogP contribution in [0.15, 0.2) is 18.2 Å². The van der Waals surface area contributed by atoms with E-state index in [9.17, 15) is 14.3 Å². The van der Waals surface area contributed by atoms with Crippen LogP contribution in [0.3, 0.4) is 0 Å². The minimum Gasteiger partial charge on any atom is -0.480 e. The second kappa shape index (κ2) is 6.94. The molecular weight excluding hydrogens is 309 g/mol. The van der Waals surface area contributed by atoms with Gasteiger partial charge in [-0.25, -0.2) is 4.39 Å². The summed E-state index contributed by atoms with van der Waals surface area (Å²) in [4.78, 5) is 11.4. The van der Waals surface area contributed by atoms with Crippen molar-refractivity contribution in [3.63, 3.8) is 0 Å². The van der Waals surface area contributed by atoms with Crippen LogP contribution < -0.4 is 5.73 Å². The Morgan fingerprint density at radius 1 is 1.41 bits per heavy atom. The largest absolute Gasteiger partial charge is 0.480 e. The van der Waals surface area contributed by atoms with Gasteiger partial charge in [-0.15, -0.1) is 0 Å². The lowest BCUT2D eigenvalue weighted by Gasteiger charge is -2.38. The van der Waals surface area contributed by atoms with Crippen molar-refractivity contribution < 1.29 is 19.0 Å². The maximum absolute atomic E-state index is 13.8. The van der Waals surface area contributed by atoms with Gasteiger partial charge >= 0.3 is 5.97 Å². The van der Waals surface area contributed by atoms with E-state index in [2.05, 4.69) is 0 Å². The molecule has 1 saturated heterocycles. The van der Waals surface area contributed by atoms with Crippen molar-refractivity contribution in [1.82, 2.24) is 0 Å². The third-order valence-corrected chi connectivity index (χ3v) is 4.55. The van der Waals surface area contributed by atoms with Crippen molar-refractivity contribution in [2.45, 2.75) is 50.9 Å². The van der Waals surface area contributed by atoms with Crippen LogP contribution in [0, 0.1) is 11.7 Å². The first-order valence-corrected chi connectivity index (χ1v) is 7.76. The molecule has 1 aliphatic heterocycles. The molecular formula is C16H21ClFNO3. The number of halogens is 2. The van der Waals surface area contributed by atoms with Crippen LogP contribution in [0.4, 0.5) is 4.39 Å². The number of aliphatic carboxylic acids is 1. The number of nitrogens with two attached hydrogens (primary N) is 1. The molecule has 3 N–H and O–H groups in total. The number of hydrogen-bond acceptors (Lipinski definition) is 3. The van der Waals surface area contributed by atoms with Gasteiger partial charge in [-0.1, -0.05) is 17.7 Å². The van der Waals surface area contributed by atoms with Gasteiger partial charge in [-0.3, -0.25) is 4.79 Å². The third kappa shape index (κ3) is 3.77. The van der Waals surface area contributed by atoms with Gasteiger partial charge in [0.2, 0.25) is 0 Å². The second-order valence-corrected chi connectivity index (χ2v) is 6.46. The zero-order valence-corrected chi connectivity index (χ0v) is 13.4. The molecule has 0 saturated carbocycles. The molecule has 0 amide bonds. The Hall–Kier alpha value is -1.17. The van der Waals surface area contributed by atoms with Crippen molar-refractivity contribution in [3.8, 4) is 0 Å². The first-order chi connectivity index (χ1) is 10.3. The zero-order valence-electron chi connectivity index (χ0n) is 12.6. The molecule has 0 aliphatic carbocycles. The van der Waals surface area contributed by atoms with Crippen LogP contribution in [0.5, 0.6) is 0 Å². The number of hydrogen-bond donors (Lipinski definition) is 2. The fraction of sp³-hybridized carbons (Fsp3) is 0.562. The van der Waals surface area contributed by atoms with Crippen LogP contribution in [0.2, 0.25) is 5.02 Å². The molecule has 0 radical (unpaired) electrons. The molecule has 1 aliphatic rings. The van der Waals surface area contributed by atoms with E-state index in [0.717, 1.165) is 0 Å². The highest BCUT2D eigenvalue weighted by Gasteiger charge is 2.37. The van der Waals surface area contributed by atoms with Gasteiger partial charge in [0.15, 0.2) is 0 Å². The summed E-state index contributed by atoms with van der Waals surface area (Å²) in [6, 6.07) is 3.30. The molecule has 122 valence electrons. The van der Waals surface area contributed by atoms with Crippen molar-refractivity contribution in [3.05, 3.63) is 34.6 Å². The van der Waals surface area contributed by atoms with Gasteiger partial charge in [-0.2, -0.15) is 0 Å². The number of benzene rings is 1. The summed E-state index contributed by atoms with van der Waals surface area (Å²) in [5, 5.41) is 9.34. The first kappa shape index (κ1) is 17.2. The van der Waals surface area contributed by atoms with Gasteiger partial charge in [-0.05, 0) is 50.3 Å². The number of rotatable bonds is 4. The Balaban J connectivity index is 2.37. The van der Waals surface area contributed by atoms with Crippen molar-refractivity contribution >= 4 is 17.6 Å². The van der Waals surface area contributed by atoms with Crippen molar-refractivity contribution in [2.75, 3.05) is 0 Å². The molecule has 0 bridgehead atoms. The molecule has 6 heteroatoms. The number of ether oxygens (including phenoxy) is 1. The molecule has 1 heterocycles. The summed E-state index contributed by atoms with van der Waals surface area (Å²) in [5.41, 5.74) is 6.48. The van der Waals surface area contributed by atoms with Crippen LogP contribution in [0.25, 0.3) is 0 Å². The number of carboxylic acid groups (broad SMARTS) is 1. The van der Waals surface area contributed by atoms with E-state index in [1.165, 1.54) is 12.1 Å². The van der Waals surface area contributed by atoms with Crippen LogP contribution in [-0.4, -0.2) is 29.3 Å². The predicted molar refractivity (Wildman–Crippen MR) is 82.5 cm³/mol. The highest BCUT2D eigenvalue weighted by Crippen LogP contribution is 2.38. The average molecular weight is 330 g/mol. The summed E-state index contributed by atoms with van der Waals surface area (Å²) in [5.74, 6) is -2.11. The molecule has 1 aromatic carbocycles. The molecule has 1 aromatic rings. The predicted octanol–water partition coefficient (Wildman–Crippen LogP) is 3.18. The van der Waals surface area contributed by atoms with E-state index in [1.807, 2.05) is 13.8 Å². The number of carbonyl (C=O) groups is 1. The summed E-state index contributed by atoms with van der Waals surface area (Å²) >= 11 is 5.72. The third-order valence-electron chi connectivity index (χ3n) is 4.24. The molecule has 22 heavy (non-hydrogen) atoms. The van der Waals surface area contributed by atoms with Gasteiger partial charge in [0.05, 0.1) is 17.2 Å². The Morgan fingerprint density at radius 2 is 2.00 bits per heavy atom. The summed E-state index contributed by atoms with van der Waals surface area (Å²) in [7, 11) is 0. The van der Waals surface area contributed by atoms with Crippen LogP contribution in [-0.2, 0) is 9.53 Å². The summed E-state index contributed by atoms with van der Waals surface area (Å²) < 4.78 is 19.5. The molecule has 0 unspecified atom stereocenters. The topological polar surface area (TPSA) is 72.6 Å². The molecule has 5 atom stereocenters. The quantitative estimate of drug-likeness (QED) is 0.890. The van der Waals surface area contributed by atoms with Crippen LogP contribution >= 0.6 is 11.6 Å². The Morgan fingerprint density at radius 3 is 2.50 bits per heavy atom. The van der Waals surface area contributed by atoms with E-state index in [0.29, 0.717) is 18.4 Å². The second-order valence-electron chi connectivity index (χ2n) is 6.05. The normalized spacial score (nSPS) is 28.1. The minimum atomic E-state index is -1.09. The van der Waals surface area contributed by atoms with Gasteiger partial charge in [0.25, 0.3) is 0 Å². The molecule has 4 nitrogen and oxygen atoms in total. The molecule has 0 aromatic heterocycles. The zero-order chi connectivity index (χ0) is 16.4. The smallest absolute Gasteiger partial charge is 0.321 e. The van der Waals surface area contributed by atoms with E-state index < -0.39 is 23.7 Å². The molecule has 1 fully saturated rings. The molecule has 0 spiro atoms. The van der Waals surface area contributed by atoms with E-state index in [4.69, 9.17) is 22.1 Å². The minimum absolute atomic E-state index is 0.0140. The fourth-order valence-electron chi connectivity index (χ4n) is 3.40. The van der Waals surface area contributed by atoms with E-state index >= 15 is 0 Å². The average Bonchev–Trinajstić information content (AvgIpc) is 2.41. The lowest BCUT2D eigenvalue weighted by atomic mass is 9.74. The lowest BCUT2D eigenvalue weighted by molar-refractivity contribution is -0.140. The maximum Gasteiger partial charge on any atom is 0.321 e. The van der Waals surface area contributed by atoms with Gasteiger partial charge < -0.3 is 15.6 Å². The summed E-state index contributed by atoms with van der Waals surface area (Å²) in [6.07, 6.45) is 1.43. The van der Waals surface area contributed by atoms with Gasteiger partial charge in [0, 0.05) is 5.92 Å². The Kier molecular flexibility index (Phi) is 5.42. The van der Waals surface area contributed by atoms with Crippen molar-refractivity contribution in [1.29, 1.82) is 0 Å². The van der Waals surface area contributed by atoms with Gasteiger partial charge in [0.1, 0.15) is 11.9 Å². The Labute approximate surface area is 134 Å². The highest BCUT2D eigenvalue weighted by molar-refractivity contribution is 6.30. The van der Waals surface area contributed by atoms with Crippen molar-refractivity contribution in [2.24, 2.45) is 11.7 Å². The fourth-order valence-corrected chi connectivity index (χ4v) is 3.51. The Bertz CT molecular complexity index is 544. The van der Waals surface area contributed by atoms with E-state index in [1.54, 1.807) is 6.07 Å². The summed E-state index contributed by atoms with van der Waals surface area (Å²) in [6.45, 7) is 3.91. The van der Waals surface area contributed by atoms with Crippen LogP contribution in [0.1, 0.15) is 38.2 Å². The molecule has 2 rings (SSSR count). The highest BCUT2D eigenvalue weighted by atomic mass is 35.5. The number of carboxylic acids is 1. The standard InChI is InChI=1S/C16H21ClFNO3/c1-8-5-11(6-9(2)22-8)14(15(19)16(20)21)10-3-4-12(17)13(18)7-10/h3-4,7-9,11,14-15H,5-6,19H2,1-2H3,(H,20,21)/t8-,9+,11+,14-,15-/m0/s1. The monoisotopic (exact) mass is 329 g/mol. The maximum atomic E-state index is 13.8. The first-order valence-electron chi connectivity index (χ1n) is 7.38.